The summed E-state index contributed by atoms with van der Waals surface area (Å²) >= 11 is 0. The predicted molar refractivity (Wildman–Crippen MR) is 101 cm³/mol. The van der Waals surface area contributed by atoms with Crippen LogP contribution >= 0.6 is 0 Å². The Bertz CT molecular complexity index is 908. The van der Waals surface area contributed by atoms with Crippen molar-refractivity contribution in [3.63, 3.8) is 0 Å². The molecule has 27 heavy (non-hydrogen) atoms. The Morgan fingerprint density at radius 3 is 2.74 bits per heavy atom. The van der Waals surface area contributed by atoms with Gasteiger partial charge in [0.2, 0.25) is 5.95 Å². The van der Waals surface area contributed by atoms with Gasteiger partial charge in [0.1, 0.15) is 0 Å². The molecule has 7 nitrogen and oxygen atoms in total. The molecule has 0 radical (unpaired) electrons. The van der Waals surface area contributed by atoms with E-state index in [2.05, 4.69) is 15.3 Å². The van der Waals surface area contributed by atoms with Crippen LogP contribution in [0.5, 0.6) is 11.5 Å². The van der Waals surface area contributed by atoms with E-state index in [1.807, 2.05) is 13.0 Å². The van der Waals surface area contributed by atoms with Crippen LogP contribution in [0.2, 0.25) is 0 Å². The number of methoxy groups -OCH3 is 2. The largest absolute Gasteiger partial charge is 0.493 e. The maximum Gasteiger partial charge on any atom is 0.250 e. The Balaban J connectivity index is 1.70. The highest BCUT2D eigenvalue weighted by Gasteiger charge is 2.24. The lowest BCUT2D eigenvalue weighted by molar-refractivity contribution is -0.111. The van der Waals surface area contributed by atoms with Crippen LogP contribution in [-0.2, 0) is 11.2 Å². The number of carbonyl (C=O) groups is 2. The van der Waals surface area contributed by atoms with Gasteiger partial charge in [-0.05, 0) is 36.1 Å². The van der Waals surface area contributed by atoms with Gasteiger partial charge in [-0.25, -0.2) is 9.97 Å². The van der Waals surface area contributed by atoms with Crippen molar-refractivity contribution in [2.45, 2.75) is 19.8 Å². The molecule has 140 valence electrons. The fraction of sp³-hybridized carbons (Fsp3) is 0.300. The van der Waals surface area contributed by atoms with E-state index in [0.29, 0.717) is 35.6 Å². The molecule has 0 bridgehead atoms. The Morgan fingerprint density at radius 1 is 1.22 bits per heavy atom. The van der Waals surface area contributed by atoms with E-state index in [1.54, 1.807) is 32.4 Å². The number of amides is 1. The average Bonchev–Trinajstić information content (AvgIpc) is 2.65. The molecule has 0 aliphatic heterocycles. The smallest absolute Gasteiger partial charge is 0.250 e. The van der Waals surface area contributed by atoms with Gasteiger partial charge in [-0.2, -0.15) is 0 Å². The molecule has 1 aromatic heterocycles. The third kappa shape index (κ3) is 4.31. The molecule has 7 heteroatoms. The molecule has 1 aliphatic carbocycles. The number of ether oxygens (including phenoxy) is 2. The molecule has 1 aliphatic rings. The van der Waals surface area contributed by atoms with E-state index in [1.165, 1.54) is 12.3 Å². The first-order chi connectivity index (χ1) is 13.0. The minimum atomic E-state index is -0.361. The van der Waals surface area contributed by atoms with Gasteiger partial charge < -0.3 is 9.47 Å². The number of rotatable bonds is 5. The summed E-state index contributed by atoms with van der Waals surface area (Å²) in [6.45, 7) is 2.01. The molecule has 1 unspecified atom stereocenters. The summed E-state index contributed by atoms with van der Waals surface area (Å²) in [5.74, 6) is 1.32. The highest BCUT2D eigenvalue weighted by Crippen LogP contribution is 2.28. The Hall–Kier alpha value is -3.22. The summed E-state index contributed by atoms with van der Waals surface area (Å²) in [7, 11) is 3.12. The van der Waals surface area contributed by atoms with Crippen LogP contribution in [-0.4, -0.2) is 35.9 Å². The molecule has 0 spiro atoms. The quantitative estimate of drug-likeness (QED) is 0.817. The number of carbonyl (C=O) groups excluding carboxylic acids is 2. The molecular weight excluding hydrogens is 346 g/mol. The topological polar surface area (TPSA) is 90.4 Å². The molecule has 1 heterocycles. The first-order valence-electron chi connectivity index (χ1n) is 8.60. The summed E-state index contributed by atoms with van der Waals surface area (Å²) in [6.07, 6.45) is 5.74. The van der Waals surface area contributed by atoms with Crippen molar-refractivity contribution >= 4 is 23.7 Å². The maximum atomic E-state index is 12.2. The van der Waals surface area contributed by atoms with E-state index in [-0.39, 0.29) is 23.6 Å². The third-order valence-corrected chi connectivity index (χ3v) is 4.31. The van der Waals surface area contributed by atoms with E-state index in [4.69, 9.17) is 9.47 Å². The second kappa shape index (κ2) is 7.99. The van der Waals surface area contributed by atoms with Crippen LogP contribution in [0.15, 0.2) is 30.5 Å². The van der Waals surface area contributed by atoms with E-state index in [9.17, 15) is 9.59 Å². The number of anilines is 1. The fourth-order valence-corrected chi connectivity index (χ4v) is 2.97. The average molecular weight is 367 g/mol. The zero-order valence-corrected chi connectivity index (χ0v) is 15.5. The Labute approximate surface area is 157 Å². The molecule has 1 amide bonds. The van der Waals surface area contributed by atoms with Crippen LogP contribution in [0, 0.1) is 5.92 Å². The lowest BCUT2D eigenvalue weighted by Gasteiger charge is -2.19. The van der Waals surface area contributed by atoms with Gasteiger partial charge in [-0.3, -0.25) is 14.9 Å². The zero-order valence-electron chi connectivity index (χ0n) is 15.5. The molecular formula is C20H21N3O4. The van der Waals surface area contributed by atoms with Crippen molar-refractivity contribution in [2.75, 3.05) is 19.5 Å². The number of fused-ring (bicyclic) bond motifs is 1. The maximum absolute atomic E-state index is 12.2. The van der Waals surface area contributed by atoms with Gasteiger partial charge in [0.25, 0.3) is 5.91 Å². The number of Topliss-reactive ketones (excluding diaryl/α,β-unsaturated/α-hetero) is 1. The number of benzene rings is 1. The minimum Gasteiger partial charge on any atom is -0.493 e. The number of hydrogen-bond acceptors (Lipinski definition) is 6. The molecule has 0 saturated heterocycles. The summed E-state index contributed by atoms with van der Waals surface area (Å²) in [4.78, 5) is 32.6. The number of aromatic nitrogens is 2. The van der Waals surface area contributed by atoms with Crippen molar-refractivity contribution in [3.8, 4) is 11.5 Å². The van der Waals surface area contributed by atoms with Gasteiger partial charge in [-0.15, -0.1) is 0 Å². The van der Waals surface area contributed by atoms with E-state index >= 15 is 0 Å². The van der Waals surface area contributed by atoms with E-state index in [0.717, 1.165) is 5.56 Å². The number of nitrogens with one attached hydrogen (secondary N) is 1. The first kappa shape index (κ1) is 18.6. The van der Waals surface area contributed by atoms with Gasteiger partial charge in [0, 0.05) is 18.7 Å². The van der Waals surface area contributed by atoms with Crippen molar-refractivity contribution in [1.82, 2.24) is 9.97 Å². The van der Waals surface area contributed by atoms with Gasteiger partial charge in [0.05, 0.1) is 25.5 Å². The van der Waals surface area contributed by atoms with Crippen LogP contribution in [0.4, 0.5) is 5.95 Å². The van der Waals surface area contributed by atoms with Crippen LogP contribution < -0.4 is 14.8 Å². The predicted octanol–water partition coefficient (Wildman–Crippen LogP) is 2.91. The molecule has 1 atom stereocenters. The molecule has 1 aromatic carbocycles. The Morgan fingerprint density at radius 2 is 2.00 bits per heavy atom. The molecule has 0 saturated carbocycles. The molecule has 1 N–H and O–H groups in total. The normalized spacial score (nSPS) is 16.1. The Kier molecular flexibility index (Phi) is 5.49. The van der Waals surface area contributed by atoms with Crippen LogP contribution in [0.1, 0.15) is 35.0 Å². The fourth-order valence-electron chi connectivity index (χ4n) is 2.97. The number of nitrogens with zero attached hydrogens (tertiary/aromatic N) is 2. The lowest BCUT2D eigenvalue weighted by atomic mass is 9.88. The SMILES string of the molecule is COc1ccc(/C=C/C(=O)Nc2ncc3c(n2)CC(C)CC3=O)cc1OC. The second-order valence-corrected chi connectivity index (χ2v) is 6.43. The number of hydrogen-bond donors (Lipinski definition) is 1. The van der Waals surface area contributed by atoms with Crippen molar-refractivity contribution < 1.29 is 19.1 Å². The van der Waals surface area contributed by atoms with E-state index < -0.39 is 0 Å². The summed E-state index contributed by atoms with van der Waals surface area (Å²) in [6, 6.07) is 5.35. The zero-order chi connectivity index (χ0) is 19.4. The van der Waals surface area contributed by atoms with Crippen molar-refractivity contribution in [1.29, 1.82) is 0 Å². The lowest BCUT2D eigenvalue weighted by Crippen LogP contribution is -2.21. The molecule has 2 aromatic rings. The second-order valence-electron chi connectivity index (χ2n) is 6.43. The number of ketones is 1. The van der Waals surface area contributed by atoms with Crippen LogP contribution in [0.3, 0.4) is 0 Å². The highest BCUT2D eigenvalue weighted by atomic mass is 16.5. The van der Waals surface area contributed by atoms with Gasteiger partial charge in [0.15, 0.2) is 17.3 Å². The first-order valence-corrected chi connectivity index (χ1v) is 8.60. The highest BCUT2D eigenvalue weighted by molar-refractivity contribution is 6.01. The standard InChI is InChI=1S/C20H21N3O4/c1-12-8-15-14(16(24)9-12)11-21-20(22-15)23-19(25)7-5-13-4-6-17(26-2)18(10-13)27-3/h4-7,10-12H,8-9H2,1-3H3,(H,21,22,23,25)/b7-5+. The monoisotopic (exact) mass is 367 g/mol. The summed E-state index contributed by atoms with van der Waals surface area (Å²) < 4.78 is 10.4. The summed E-state index contributed by atoms with van der Waals surface area (Å²) in [5.41, 5.74) is 2.02. The van der Waals surface area contributed by atoms with Crippen LogP contribution in [0.25, 0.3) is 6.08 Å². The summed E-state index contributed by atoms with van der Waals surface area (Å²) in [5, 5.41) is 2.63. The molecule has 0 fully saturated rings. The van der Waals surface area contributed by atoms with Crippen molar-refractivity contribution in [2.24, 2.45) is 5.92 Å². The molecule has 3 rings (SSSR count). The van der Waals surface area contributed by atoms with Gasteiger partial charge >= 0.3 is 0 Å². The minimum absolute atomic E-state index is 0.0509. The third-order valence-electron chi connectivity index (χ3n) is 4.31. The van der Waals surface area contributed by atoms with Gasteiger partial charge in [-0.1, -0.05) is 13.0 Å². The van der Waals surface area contributed by atoms with Crippen molar-refractivity contribution in [3.05, 3.63) is 47.3 Å².